The standard InChI is InChI=1S/C25H33N7O/c1-20-11-13-30(14-12-20)24-8-7-22-26-27-23(32(22)28-24)9-10-25(33)31-17-15-29(16-18-31)19-21-5-3-2-4-6-21/h2-8,20H,9-19H2,1H3. The molecule has 0 aliphatic carbocycles. The second-order valence-corrected chi connectivity index (χ2v) is 9.39. The lowest BCUT2D eigenvalue weighted by Gasteiger charge is -2.34. The highest BCUT2D eigenvalue weighted by Gasteiger charge is 2.22. The molecule has 0 bridgehead atoms. The molecular weight excluding hydrogens is 414 g/mol. The number of carbonyl (C=O) groups is 1. The molecule has 0 unspecified atom stereocenters. The number of piperidine rings is 1. The van der Waals surface area contributed by atoms with E-state index < -0.39 is 0 Å². The maximum absolute atomic E-state index is 12.9. The molecular formula is C25H33N7O. The van der Waals surface area contributed by atoms with E-state index in [0.717, 1.165) is 69.0 Å². The molecule has 2 aromatic heterocycles. The predicted molar refractivity (Wildman–Crippen MR) is 128 cm³/mol. The zero-order chi connectivity index (χ0) is 22.6. The molecule has 0 radical (unpaired) electrons. The van der Waals surface area contributed by atoms with Crippen LogP contribution >= 0.6 is 0 Å². The first kappa shape index (κ1) is 21.8. The van der Waals surface area contributed by atoms with Gasteiger partial charge in [0.2, 0.25) is 5.91 Å². The van der Waals surface area contributed by atoms with Crippen LogP contribution in [-0.4, -0.2) is 74.8 Å². The highest BCUT2D eigenvalue weighted by atomic mass is 16.2. The van der Waals surface area contributed by atoms with Crippen LogP contribution in [-0.2, 0) is 17.8 Å². The minimum absolute atomic E-state index is 0.187. The van der Waals surface area contributed by atoms with Crippen LogP contribution < -0.4 is 4.90 Å². The van der Waals surface area contributed by atoms with Crippen molar-refractivity contribution in [1.82, 2.24) is 29.6 Å². The first-order chi connectivity index (χ1) is 16.2. The van der Waals surface area contributed by atoms with Gasteiger partial charge in [-0.1, -0.05) is 37.3 Å². The minimum Gasteiger partial charge on any atom is -0.355 e. The first-order valence-electron chi connectivity index (χ1n) is 12.2. The topological polar surface area (TPSA) is 69.9 Å². The van der Waals surface area contributed by atoms with Crippen LogP contribution in [0.15, 0.2) is 42.5 Å². The third-order valence-corrected chi connectivity index (χ3v) is 6.96. The Labute approximate surface area is 195 Å². The summed E-state index contributed by atoms with van der Waals surface area (Å²) in [4.78, 5) is 19.6. The van der Waals surface area contributed by atoms with E-state index in [4.69, 9.17) is 5.10 Å². The molecule has 174 valence electrons. The van der Waals surface area contributed by atoms with Gasteiger partial charge in [-0.15, -0.1) is 15.3 Å². The van der Waals surface area contributed by atoms with Gasteiger partial charge in [0.1, 0.15) is 5.82 Å². The number of hydrogen-bond donors (Lipinski definition) is 0. The molecule has 1 aromatic carbocycles. The molecule has 2 aliphatic rings. The number of piperazine rings is 1. The summed E-state index contributed by atoms with van der Waals surface area (Å²) in [6, 6.07) is 14.5. The molecule has 2 aliphatic heterocycles. The van der Waals surface area contributed by atoms with E-state index in [1.165, 1.54) is 18.4 Å². The van der Waals surface area contributed by atoms with Crippen LogP contribution in [0.5, 0.6) is 0 Å². The first-order valence-corrected chi connectivity index (χ1v) is 12.2. The van der Waals surface area contributed by atoms with E-state index in [9.17, 15) is 4.79 Å². The lowest BCUT2D eigenvalue weighted by molar-refractivity contribution is -0.133. The Balaban J connectivity index is 1.15. The maximum atomic E-state index is 12.9. The van der Waals surface area contributed by atoms with Crippen molar-refractivity contribution >= 4 is 17.4 Å². The minimum atomic E-state index is 0.187. The van der Waals surface area contributed by atoms with E-state index in [1.54, 1.807) is 0 Å². The molecule has 0 N–H and O–H groups in total. The number of nitrogens with zero attached hydrogens (tertiary/aromatic N) is 7. The Kier molecular flexibility index (Phi) is 6.53. The summed E-state index contributed by atoms with van der Waals surface area (Å²) < 4.78 is 1.82. The number of anilines is 1. The van der Waals surface area contributed by atoms with Crippen molar-refractivity contribution in [1.29, 1.82) is 0 Å². The van der Waals surface area contributed by atoms with Crippen molar-refractivity contribution in [2.75, 3.05) is 44.2 Å². The number of carbonyl (C=O) groups excluding carboxylic acids is 1. The van der Waals surface area contributed by atoms with Gasteiger partial charge in [-0.25, -0.2) is 0 Å². The van der Waals surface area contributed by atoms with Crippen LogP contribution in [0.2, 0.25) is 0 Å². The molecule has 0 spiro atoms. The number of rotatable bonds is 6. The quantitative estimate of drug-likeness (QED) is 0.579. The molecule has 8 heteroatoms. The number of amides is 1. The van der Waals surface area contributed by atoms with Crippen molar-refractivity contribution in [3.63, 3.8) is 0 Å². The second kappa shape index (κ2) is 9.87. The molecule has 0 atom stereocenters. The Morgan fingerprint density at radius 2 is 1.70 bits per heavy atom. The largest absolute Gasteiger partial charge is 0.355 e. The Bertz CT molecular complexity index is 1070. The Morgan fingerprint density at radius 1 is 0.939 bits per heavy atom. The summed E-state index contributed by atoms with van der Waals surface area (Å²) in [7, 11) is 0. The highest BCUT2D eigenvalue weighted by Crippen LogP contribution is 2.21. The van der Waals surface area contributed by atoms with Crippen LogP contribution in [0.3, 0.4) is 0 Å². The molecule has 8 nitrogen and oxygen atoms in total. The fourth-order valence-electron chi connectivity index (χ4n) is 4.76. The Morgan fingerprint density at radius 3 is 2.45 bits per heavy atom. The summed E-state index contributed by atoms with van der Waals surface area (Å²) in [5.74, 6) is 2.69. The highest BCUT2D eigenvalue weighted by molar-refractivity contribution is 5.76. The van der Waals surface area contributed by atoms with Crippen molar-refractivity contribution in [2.45, 2.75) is 39.2 Å². The van der Waals surface area contributed by atoms with Crippen molar-refractivity contribution < 1.29 is 4.79 Å². The molecule has 33 heavy (non-hydrogen) atoms. The predicted octanol–water partition coefficient (Wildman–Crippen LogP) is 2.64. The van der Waals surface area contributed by atoms with E-state index in [-0.39, 0.29) is 5.91 Å². The molecule has 2 saturated heterocycles. The van der Waals surface area contributed by atoms with Gasteiger partial charge in [-0.2, -0.15) is 4.52 Å². The van der Waals surface area contributed by atoms with Crippen LogP contribution in [0, 0.1) is 5.92 Å². The summed E-state index contributed by atoms with van der Waals surface area (Å²) in [6.45, 7) is 8.70. The molecule has 2 fully saturated rings. The van der Waals surface area contributed by atoms with E-state index in [2.05, 4.69) is 51.2 Å². The third-order valence-electron chi connectivity index (χ3n) is 6.96. The lowest BCUT2D eigenvalue weighted by Crippen LogP contribution is -2.48. The van der Waals surface area contributed by atoms with Gasteiger partial charge in [0.05, 0.1) is 0 Å². The van der Waals surface area contributed by atoms with Gasteiger partial charge in [-0.3, -0.25) is 9.69 Å². The number of benzene rings is 1. The average Bonchev–Trinajstić information content (AvgIpc) is 3.26. The fourth-order valence-corrected chi connectivity index (χ4v) is 4.76. The van der Waals surface area contributed by atoms with Crippen LogP contribution in [0.25, 0.3) is 5.65 Å². The third kappa shape index (κ3) is 5.16. The van der Waals surface area contributed by atoms with Gasteiger partial charge in [0.15, 0.2) is 11.5 Å². The van der Waals surface area contributed by atoms with Crippen molar-refractivity contribution in [3.8, 4) is 0 Å². The molecule has 5 rings (SSSR count). The Hall–Kier alpha value is -3.00. The average molecular weight is 448 g/mol. The normalized spacial score (nSPS) is 18.2. The maximum Gasteiger partial charge on any atom is 0.223 e. The van der Waals surface area contributed by atoms with E-state index >= 15 is 0 Å². The number of aromatic nitrogens is 4. The molecule has 3 aromatic rings. The van der Waals surface area contributed by atoms with Crippen molar-refractivity contribution in [3.05, 3.63) is 53.9 Å². The molecule has 0 saturated carbocycles. The van der Waals surface area contributed by atoms with Gasteiger partial charge in [-0.05, 0) is 36.5 Å². The zero-order valence-corrected chi connectivity index (χ0v) is 19.4. The smallest absolute Gasteiger partial charge is 0.223 e. The number of hydrogen-bond acceptors (Lipinski definition) is 6. The number of aryl methyl sites for hydroxylation is 1. The summed E-state index contributed by atoms with van der Waals surface area (Å²) in [5, 5.41) is 13.4. The van der Waals surface area contributed by atoms with Crippen molar-refractivity contribution in [2.24, 2.45) is 5.92 Å². The summed E-state index contributed by atoms with van der Waals surface area (Å²) in [5.41, 5.74) is 2.06. The van der Waals surface area contributed by atoms with E-state index in [1.807, 2.05) is 27.6 Å². The second-order valence-electron chi connectivity index (χ2n) is 9.39. The van der Waals surface area contributed by atoms with Crippen LogP contribution in [0.1, 0.15) is 37.6 Å². The summed E-state index contributed by atoms with van der Waals surface area (Å²) >= 11 is 0. The van der Waals surface area contributed by atoms with Gasteiger partial charge in [0.25, 0.3) is 0 Å². The summed E-state index contributed by atoms with van der Waals surface area (Å²) in [6.07, 6.45) is 3.38. The zero-order valence-electron chi connectivity index (χ0n) is 19.4. The monoisotopic (exact) mass is 447 g/mol. The van der Waals surface area contributed by atoms with Gasteiger partial charge in [0, 0.05) is 58.7 Å². The van der Waals surface area contributed by atoms with Crippen LogP contribution in [0.4, 0.5) is 5.82 Å². The molecule has 4 heterocycles. The van der Waals surface area contributed by atoms with E-state index in [0.29, 0.717) is 12.8 Å². The molecule has 1 amide bonds. The SMILES string of the molecule is CC1CCN(c2ccc3nnc(CCC(=O)N4CCN(Cc5ccccc5)CC4)n3n2)CC1. The fraction of sp³-hybridized carbons (Fsp3) is 0.520. The van der Waals surface area contributed by atoms with Gasteiger partial charge >= 0.3 is 0 Å². The number of fused-ring (bicyclic) bond motifs is 1. The van der Waals surface area contributed by atoms with Gasteiger partial charge < -0.3 is 9.80 Å². The lowest BCUT2D eigenvalue weighted by atomic mass is 9.99.